The molecule has 0 aromatic heterocycles. The van der Waals surface area contributed by atoms with E-state index in [1.807, 2.05) is 24.3 Å². The van der Waals surface area contributed by atoms with E-state index in [1.165, 1.54) is 0 Å². The minimum absolute atomic E-state index is 0.292. The molecule has 0 fully saturated rings. The quantitative estimate of drug-likeness (QED) is 0.856. The number of carboxylic acids is 1. The van der Waals surface area contributed by atoms with Crippen LogP contribution in [-0.4, -0.2) is 11.1 Å². The van der Waals surface area contributed by atoms with Gasteiger partial charge in [0.05, 0.1) is 5.56 Å². The Morgan fingerprint density at radius 2 is 1.87 bits per heavy atom. The van der Waals surface area contributed by atoms with Gasteiger partial charge in [0.1, 0.15) is 0 Å². The molecule has 0 atom stereocenters. The summed E-state index contributed by atoms with van der Waals surface area (Å²) in [6, 6.07) is 9.30. The molecule has 0 saturated heterocycles. The van der Waals surface area contributed by atoms with Crippen molar-refractivity contribution >= 4 is 48.6 Å². The van der Waals surface area contributed by atoms with Gasteiger partial charge in [0.25, 0.3) is 0 Å². The first kappa shape index (κ1) is 10.6. The second-order valence-electron chi connectivity index (χ2n) is 3.07. The first-order chi connectivity index (χ1) is 7.11. The van der Waals surface area contributed by atoms with Crippen LogP contribution in [0.4, 0.5) is 0 Å². The minimum atomic E-state index is -0.931. The van der Waals surface area contributed by atoms with Crippen molar-refractivity contribution in [1.29, 1.82) is 0 Å². The van der Waals surface area contributed by atoms with Gasteiger partial charge in [0.2, 0.25) is 0 Å². The van der Waals surface area contributed by atoms with E-state index in [4.69, 9.17) is 5.11 Å². The molecular weight excluding hydrogens is 324 g/mol. The molecule has 0 amide bonds. The van der Waals surface area contributed by atoms with Crippen LogP contribution in [0.15, 0.2) is 39.3 Å². The number of halogens is 2. The van der Waals surface area contributed by atoms with Crippen molar-refractivity contribution in [2.24, 2.45) is 0 Å². The Bertz CT molecular complexity index is 550. The summed E-state index contributed by atoms with van der Waals surface area (Å²) in [5.41, 5.74) is 0.292. The normalized spacial score (nSPS) is 10.5. The molecule has 76 valence electrons. The fourth-order valence-electron chi connectivity index (χ4n) is 1.50. The molecule has 4 heteroatoms. The third-order valence-corrected chi connectivity index (χ3v) is 4.14. The maximum atomic E-state index is 11.1. The third kappa shape index (κ3) is 1.79. The third-order valence-electron chi connectivity index (χ3n) is 2.16. The van der Waals surface area contributed by atoms with Crippen LogP contribution in [0.1, 0.15) is 10.4 Å². The van der Waals surface area contributed by atoms with Crippen molar-refractivity contribution in [2.45, 2.75) is 0 Å². The van der Waals surface area contributed by atoms with E-state index in [0.29, 0.717) is 10.0 Å². The highest BCUT2D eigenvalue weighted by Crippen LogP contribution is 2.33. The molecule has 0 saturated carbocycles. The average molecular weight is 330 g/mol. The van der Waals surface area contributed by atoms with E-state index >= 15 is 0 Å². The zero-order chi connectivity index (χ0) is 11.0. The topological polar surface area (TPSA) is 37.3 Å². The lowest BCUT2D eigenvalue weighted by atomic mass is 10.1. The Kier molecular flexibility index (Phi) is 2.80. The predicted octanol–water partition coefficient (Wildman–Crippen LogP) is 4.06. The molecule has 0 heterocycles. The molecule has 0 unspecified atom stereocenters. The van der Waals surface area contributed by atoms with Crippen molar-refractivity contribution in [3.8, 4) is 0 Å². The smallest absolute Gasteiger partial charge is 0.337 e. The van der Waals surface area contributed by atoms with Gasteiger partial charge < -0.3 is 5.11 Å². The SMILES string of the molecule is O=C(O)c1c(Br)c(Br)cc2ccccc12. The van der Waals surface area contributed by atoms with Crippen molar-refractivity contribution in [3.63, 3.8) is 0 Å². The summed E-state index contributed by atoms with van der Waals surface area (Å²) >= 11 is 6.60. The van der Waals surface area contributed by atoms with Gasteiger partial charge in [0, 0.05) is 8.95 Å². The molecule has 0 radical (unpaired) electrons. The number of carbonyl (C=O) groups is 1. The maximum Gasteiger partial charge on any atom is 0.337 e. The molecule has 0 bridgehead atoms. The van der Waals surface area contributed by atoms with E-state index < -0.39 is 5.97 Å². The summed E-state index contributed by atoms with van der Waals surface area (Å²) in [6.45, 7) is 0. The van der Waals surface area contributed by atoms with E-state index in [2.05, 4.69) is 31.9 Å². The second kappa shape index (κ2) is 3.94. The minimum Gasteiger partial charge on any atom is -0.478 e. The van der Waals surface area contributed by atoms with Crippen molar-refractivity contribution < 1.29 is 9.90 Å². The molecule has 0 spiro atoms. The van der Waals surface area contributed by atoms with Gasteiger partial charge in [-0.05, 0) is 48.7 Å². The summed E-state index contributed by atoms with van der Waals surface area (Å²) in [4.78, 5) is 11.1. The highest BCUT2D eigenvalue weighted by Gasteiger charge is 2.15. The zero-order valence-electron chi connectivity index (χ0n) is 7.50. The number of fused-ring (bicyclic) bond motifs is 1. The van der Waals surface area contributed by atoms with Gasteiger partial charge in [-0.1, -0.05) is 24.3 Å². The Balaban J connectivity index is 2.95. The van der Waals surface area contributed by atoms with Crippen LogP contribution in [0.3, 0.4) is 0 Å². The number of carboxylic acid groups (broad SMARTS) is 1. The molecule has 2 nitrogen and oxygen atoms in total. The fourth-order valence-corrected chi connectivity index (χ4v) is 2.44. The van der Waals surface area contributed by atoms with Gasteiger partial charge in [0.15, 0.2) is 0 Å². The molecule has 15 heavy (non-hydrogen) atoms. The summed E-state index contributed by atoms with van der Waals surface area (Å²) in [7, 11) is 0. The van der Waals surface area contributed by atoms with Crippen LogP contribution in [0.25, 0.3) is 10.8 Å². The lowest BCUT2D eigenvalue weighted by Gasteiger charge is -2.06. The van der Waals surface area contributed by atoms with Gasteiger partial charge in [-0.2, -0.15) is 0 Å². The highest BCUT2D eigenvalue weighted by atomic mass is 79.9. The Labute approximate surface area is 103 Å². The standard InChI is InChI=1S/C11H6Br2O2/c12-8-5-6-3-1-2-4-7(6)9(10(8)13)11(14)15/h1-5H,(H,14,15). The van der Waals surface area contributed by atoms with Crippen LogP contribution >= 0.6 is 31.9 Å². The molecule has 0 aliphatic carbocycles. The van der Waals surface area contributed by atoms with Crippen molar-refractivity contribution in [2.75, 3.05) is 0 Å². The Morgan fingerprint density at radius 1 is 1.20 bits per heavy atom. The van der Waals surface area contributed by atoms with Gasteiger partial charge >= 0.3 is 5.97 Å². The molecular formula is C11H6Br2O2. The second-order valence-corrected chi connectivity index (χ2v) is 4.72. The van der Waals surface area contributed by atoms with E-state index in [1.54, 1.807) is 6.07 Å². The summed E-state index contributed by atoms with van der Waals surface area (Å²) in [6.07, 6.45) is 0. The average Bonchev–Trinajstić information content (AvgIpc) is 2.19. The van der Waals surface area contributed by atoms with Gasteiger partial charge in [-0.25, -0.2) is 4.79 Å². The zero-order valence-corrected chi connectivity index (χ0v) is 10.7. The number of hydrogen-bond acceptors (Lipinski definition) is 1. The van der Waals surface area contributed by atoms with Crippen molar-refractivity contribution in [1.82, 2.24) is 0 Å². The first-order valence-electron chi connectivity index (χ1n) is 4.21. The van der Waals surface area contributed by atoms with Crippen LogP contribution in [0, 0.1) is 0 Å². The lowest BCUT2D eigenvalue weighted by molar-refractivity contribution is 0.0698. The molecule has 0 aliphatic heterocycles. The highest BCUT2D eigenvalue weighted by molar-refractivity contribution is 9.13. The van der Waals surface area contributed by atoms with Crippen LogP contribution in [0.2, 0.25) is 0 Å². The predicted molar refractivity (Wildman–Crippen MR) is 66.3 cm³/mol. The van der Waals surface area contributed by atoms with Gasteiger partial charge in [-0.3, -0.25) is 0 Å². The Hall–Kier alpha value is -0.870. The molecule has 0 aliphatic rings. The van der Waals surface area contributed by atoms with Crippen LogP contribution in [-0.2, 0) is 0 Å². The number of hydrogen-bond donors (Lipinski definition) is 1. The summed E-state index contributed by atoms with van der Waals surface area (Å²) in [5.74, 6) is -0.931. The lowest BCUT2D eigenvalue weighted by Crippen LogP contribution is -1.99. The Morgan fingerprint density at radius 3 is 2.53 bits per heavy atom. The molecule has 2 aromatic rings. The van der Waals surface area contributed by atoms with Crippen LogP contribution in [0.5, 0.6) is 0 Å². The monoisotopic (exact) mass is 328 g/mol. The largest absolute Gasteiger partial charge is 0.478 e. The van der Waals surface area contributed by atoms with E-state index in [0.717, 1.165) is 15.2 Å². The number of rotatable bonds is 1. The number of benzene rings is 2. The molecule has 2 aromatic carbocycles. The fraction of sp³-hybridized carbons (Fsp3) is 0. The van der Waals surface area contributed by atoms with E-state index in [-0.39, 0.29) is 0 Å². The van der Waals surface area contributed by atoms with E-state index in [9.17, 15) is 4.79 Å². The first-order valence-corrected chi connectivity index (χ1v) is 5.80. The summed E-state index contributed by atoms with van der Waals surface area (Å²) in [5, 5.41) is 10.8. The molecule has 2 rings (SSSR count). The van der Waals surface area contributed by atoms with Crippen molar-refractivity contribution in [3.05, 3.63) is 44.8 Å². The molecule has 1 N–H and O–H groups in total. The number of aromatic carboxylic acids is 1. The summed E-state index contributed by atoms with van der Waals surface area (Å²) < 4.78 is 1.33. The van der Waals surface area contributed by atoms with Gasteiger partial charge in [-0.15, -0.1) is 0 Å². The van der Waals surface area contributed by atoms with Crippen LogP contribution < -0.4 is 0 Å². The maximum absolute atomic E-state index is 11.1.